The first-order valence-electron chi connectivity index (χ1n) is 11.7. The van der Waals surface area contributed by atoms with Gasteiger partial charge in [0, 0.05) is 17.9 Å². The van der Waals surface area contributed by atoms with E-state index >= 15 is 0 Å². The topological polar surface area (TPSA) is 128 Å². The Hall–Kier alpha value is -3.88. The van der Waals surface area contributed by atoms with E-state index in [1.165, 1.54) is 0 Å². The van der Waals surface area contributed by atoms with E-state index in [4.69, 9.17) is 14.2 Å². The highest BCUT2D eigenvalue weighted by molar-refractivity contribution is 5.89. The largest absolute Gasteiger partial charge is 0.481 e. The molecule has 0 heterocycles. The van der Waals surface area contributed by atoms with Gasteiger partial charge in [-0.05, 0) is 51.5 Å². The fraction of sp³-hybridized carbons (Fsp3) is 0.407. The monoisotopic (exact) mass is 497 g/mol. The number of hydrogen-bond acceptors (Lipinski definition) is 7. The number of amides is 1. The Morgan fingerprint density at radius 1 is 0.833 bits per heavy atom. The van der Waals surface area contributed by atoms with Crippen LogP contribution in [0.15, 0.2) is 60.7 Å². The average molecular weight is 498 g/mol. The van der Waals surface area contributed by atoms with Crippen molar-refractivity contribution in [1.29, 1.82) is 0 Å². The highest BCUT2D eigenvalue weighted by Crippen LogP contribution is 2.39. The third kappa shape index (κ3) is 7.31. The molecule has 2 N–H and O–H groups in total. The van der Waals surface area contributed by atoms with Crippen LogP contribution in [-0.2, 0) is 19.0 Å². The number of ether oxygens (including phenoxy) is 3. The van der Waals surface area contributed by atoms with E-state index in [1.54, 1.807) is 81.4 Å². The number of rotatable bonds is 8. The second kappa shape index (κ2) is 11.7. The number of aliphatic carboxylic acids is 1. The van der Waals surface area contributed by atoms with Crippen LogP contribution in [-0.4, -0.2) is 54.0 Å². The highest BCUT2D eigenvalue weighted by atomic mass is 16.6. The van der Waals surface area contributed by atoms with Gasteiger partial charge < -0.3 is 24.6 Å². The summed E-state index contributed by atoms with van der Waals surface area (Å²) < 4.78 is 16.3. The number of hydrogen-bond donors (Lipinski definition) is 2. The minimum Gasteiger partial charge on any atom is -0.481 e. The molecule has 0 aromatic heterocycles. The maximum atomic E-state index is 12.6. The summed E-state index contributed by atoms with van der Waals surface area (Å²) in [5.74, 6) is -4.54. The summed E-state index contributed by atoms with van der Waals surface area (Å²) in [4.78, 5) is 49.6. The van der Waals surface area contributed by atoms with Crippen molar-refractivity contribution < 1.29 is 38.5 Å². The highest BCUT2D eigenvalue weighted by Gasteiger charge is 2.48. The van der Waals surface area contributed by atoms with E-state index < -0.39 is 53.4 Å². The molecular weight excluding hydrogens is 466 g/mol. The van der Waals surface area contributed by atoms with Gasteiger partial charge in [0.05, 0.1) is 30.3 Å². The summed E-state index contributed by atoms with van der Waals surface area (Å²) in [5, 5.41) is 12.6. The van der Waals surface area contributed by atoms with Crippen molar-refractivity contribution in [3.63, 3.8) is 0 Å². The molecule has 2 aromatic rings. The minimum absolute atomic E-state index is 0.0652. The summed E-state index contributed by atoms with van der Waals surface area (Å²) in [7, 11) is 0. The quantitative estimate of drug-likeness (QED) is 0.415. The van der Waals surface area contributed by atoms with Crippen molar-refractivity contribution in [2.75, 3.05) is 13.2 Å². The molecule has 3 rings (SSSR count). The first-order chi connectivity index (χ1) is 17.0. The zero-order valence-electron chi connectivity index (χ0n) is 20.5. The Balaban J connectivity index is 1.78. The first kappa shape index (κ1) is 26.7. The van der Waals surface area contributed by atoms with E-state index in [1.807, 2.05) is 0 Å². The van der Waals surface area contributed by atoms with E-state index in [2.05, 4.69) is 5.32 Å². The van der Waals surface area contributed by atoms with Crippen LogP contribution in [0.1, 0.15) is 47.9 Å². The molecule has 9 heteroatoms. The number of nitrogens with one attached hydrogen (secondary N) is 1. The summed E-state index contributed by atoms with van der Waals surface area (Å²) in [6.07, 6.45) is -0.645. The van der Waals surface area contributed by atoms with Gasteiger partial charge in [-0.15, -0.1) is 0 Å². The number of esters is 2. The molecular formula is C27H31NO8. The number of carbonyl (C=O) groups excluding carboxylic acids is 3. The Morgan fingerprint density at radius 3 is 1.75 bits per heavy atom. The molecule has 2 aromatic carbocycles. The number of carboxylic acids is 1. The molecule has 0 unspecified atom stereocenters. The maximum Gasteiger partial charge on any atom is 0.407 e. The van der Waals surface area contributed by atoms with Gasteiger partial charge in [0.25, 0.3) is 0 Å². The second-order valence-electron chi connectivity index (χ2n) is 9.69. The van der Waals surface area contributed by atoms with Crippen LogP contribution in [0.5, 0.6) is 0 Å². The molecule has 192 valence electrons. The van der Waals surface area contributed by atoms with Crippen molar-refractivity contribution in [1.82, 2.24) is 5.32 Å². The molecule has 1 fully saturated rings. The van der Waals surface area contributed by atoms with E-state index in [9.17, 15) is 24.3 Å². The van der Waals surface area contributed by atoms with E-state index in [-0.39, 0.29) is 19.6 Å². The van der Waals surface area contributed by atoms with Crippen LogP contribution >= 0.6 is 0 Å². The average Bonchev–Trinajstić information content (AvgIpc) is 3.17. The fourth-order valence-electron chi connectivity index (χ4n) is 4.27. The van der Waals surface area contributed by atoms with Crippen molar-refractivity contribution in [3.8, 4) is 0 Å². The van der Waals surface area contributed by atoms with Gasteiger partial charge in [-0.1, -0.05) is 36.4 Å². The van der Waals surface area contributed by atoms with Crippen LogP contribution in [0.3, 0.4) is 0 Å². The van der Waals surface area contributed by atoms with Crippen molar-refractivity contribution >= 4 is 24.0 Å². The third-order valence-electron chi connectivity index (χ3n) is 5.94. The molecule has 0 spiro atoms. The van der Waals surface area contributed by atoms with Crippen LogP contribution in [0, 0.1) is 17.8 Å². The number of carbonyl (C=O) groups is 4. The van der Waals surface area contributed by atoms with Crippen LogP contribution in [0.2, 0.25) is 0 Å². The van der Waals surface area contributed by atoms with Crippen LogP contribution in [0.4, 0.5) is 4.79 Å². The summed E-state index contributed by atoms with van der Waals surface area (Å²) >= 11 is 0. The molecule has 9 nitrogen and oxygen atoms in total. The number of carboxylic acid groups (broad SMARTS) is 1. The molecule has 0 aliphatic heterocycles. The number of alkyl carbamates (subject to hydrolysis) is 1. The molecule has 1 saturated carbocycles. The minimum atomic E-state index is -1.09. The SMILES string of the molecule is CC(C)(C)OC(=O)N[C@@H]1C[C@H](C(=O)O)[C@H](COC(=O)c2ccccc2)[C@H]1COC(=O)c1ccccc1. The lowest BCUT2D eigenvalue weighted by atomic mass is 9.89. The van der Waals surface area contributed by atoms with Crippen molar-refractivity contribution in [3.05, 3.63) is 71.8 Å². The Bertz CT molecular complexity index is 1060. The van der Waals surface area contributed by atoms with E-state index in [0.29, 0.717) is 11.1 Å². The third-order valence-corrected chi connectivity index (χ3v) is 5.94. The maximum absolute atomic E-state index is 12.6. The van der Waals surface area contributed by atoms with Crippen LogP contribution in [0.25, 0.3) is 0 Å². The summed E-state index contributed by atoms with van der Waals surface area (Å²) in [5.41, 5.74) is -0.0822. The zero-order valence-corrected chi connectivity index (χ0v) is 20.5. The Morgan fingerprint density at radius 2 is 1.31 bits per heavy atom. The predicted molar refractivity (Wildman–Crippen MR) is 129 cm³/mol. The van der Waals surface area contributed by atoms with Gasteiger partial charge in [0.1, 0.15) is 5.60 Å². The molecule has 0 bridgehead atoms. The smallest absolute Gasteiger partial charge is 0.407 e. The molecule has 1 aliphatic rings. The Labute approximate surface area is 209 Å². The van der Waals surface area contributed by atoms with Gasteiger partial charge >= 0.3 is 24.0 Å². The van der Waals surface area contributed by atoms with Gasteiger partial charge in [-0.2, -0.15) is 0 Å². The molecule has 1 aliphatic carbocycles. The lowest BCUT2D eigenvalue weighted by Gasteiger charge is -2.27. The van der Waals surface area contributed by atoms with E-state index in [0.717, 1.165) is 0 Å². The van der Waals surface area contributed by atoms with Crippen LogP contribution < -0.4 is 5.32 Å². The fourth-order valence-corrected chi connectivity index (χ4v) is 4.27. The lowest BCUT2D eigenvalue weighted by molar-refractivity contribution is -0.144. The summed E-state index contributed by atoms with van der Waals surface area (Å²) in [6.45, 7) is 4.75. The predicted octanol–water partition coefficient (Wildman–Crippen LogP) is 3.93. The first-order valence-corrected chi connectivity index (χ1v) is 11.7. The van der Waals surface area contributed by atoms with Gasteiger partial charge in [-0.3, -0.25) is 4.79 Å². The zero-order chi connectivity index (χ0) is 26.3. The molecule has 0 saturated heterocycles. The summed E-state index contributed by atoms with van der Waals surface area (Å²) in [6, 6.07) is 16.0. The van der Waals surface area contributed by atoms with Crippen molar-refractivity contribution in [2.24, 2.45) is 17.8 Å². The molecule has 1 amide bonds. The Kier molecular flexibility index (Phi) is 8.68. The molecule has 4 atom stereocenters. The van der Waals surface area contributed by atoms with Gasteiger partial charge in [0.2, 0.25) is 0 Å². The second-order valence-corrected chi connectivity index (χ2v) is 9.69. The van der Waals surface area contributed by atoms with Gasteiger partial charge in [0.15, 0.2) is 0 Å². The normalized spacial score (nSPS) is 21.3. The lowest BCUT2D eigenvalue weighted by Crippen LogP contribution is -2.43. The molecule has 36 heavy (non-hydrogen) atoms. The number of benzene rings is 2. The van der Waals surface area contributed by atoms with Crippen molar-refractivity contribution in [2.45, 2.75) is 38.8 Å². The standard InChI is InChI=1S/C27H31NO8/c1-27(2,3)36-26(33)28-22-14-19(23(29)30)20(15-34-24(31)17-10-6-4-7-11-17)21(22)16-35-25(32)18-12-8-5-9-13-18/h4-13,19-22H,14-16H2,1-3H3,(H,28,33)(H,29,30)/t19-,20-,21+,22+/m0/s1. The van der Waals surface area contributed by atoms with Gasteiger partial charge in [-0.25, -0.2) is 14.4 Å². The molecule has 0 radical (unpaired) electrons.